The highest BCUT2D eigenvalue weighted by molar-refractivity contribution is 7.88. The highest BCUT2D eigenvalue weighted by Gasteiger charge is 2.14. The lowest BCUT2D eigenvalue weighted by atomic mass is 10.0. The van der Waals surface area contributed by atoms with Crippen LogP contribution in [0.4, 0.5) is 4.39 Å². The van der Waals surface area contributed by atoms with Crippen LogP contribution >= 0.6 is 0 Å². The summed E-state index contributed by atoms with van der Waals surface area (Å²) in [7, 11) is 1.84. The van der Waals surface area contributed by atoms with Crippen LogP contribution in [0.5, 0.6) is 0 Å². The minimum Gasteiger partial charge on any atom is -0.598 e. The number of aromatic nitrogens is 5. The smallest absolute Gasteiger partial charge is 0.158 e. The van der Waals surface area contributed by atoms with Gasteiger partial charge < -0.3 is 9.54 Å². The van der Waals surface area contributed by atoms with Crippen LogP contribution in [0.2, 0.25) is 0 Å². The van der Waals surface area contributed by atoms with Gasteiger partial charge >= 0.3 is 0 Å². The molecule has 0 saturated heterocycles. The Labute approximate surface area is 158 Å². The topological polar surface area (TPSA) is 94.5 Å². The van der Waals surface area contributed by atoms with E-state index in [0.29, 0.717) is 28.1 Å². The number of nitrogens with zero attached hydrogens (tertiary/aromatic N) is 4. The molecule has 27 heavy (non-hydrogen) atoms. The number of pyridine rings is 1. The molecule has 0 aliphatic rings. The van der Waals surface area contributed by atoms with Gasteiger partial charge in [-0.05, 0) is 17.7 Å². The van der Waals surface area contributed by atoms with Crippen LogP contribution in [0.3, 0.4) is 0 Å². The third-order valence-electron chi connectivity index (χ3n) is 4.19. The fourth-order valence-corrected chi connectivity index (χ4v) is 3.22. The summed E-state index contributed by atoms with van der Waals surface area (Å²) >= 11 is -1.19. The Hall–Kier alpha value is -2.75. The second kappa shape index (κ2) is 7.10. The fourth-order valence-electron chi connectivity index (χ4n) is 2.86. The first-order valence-electron chi connectivity index (χ1n) is 8.21. The first-order valence-corrected chi connectivity index (χ1v) is 9.76. The fraction of sp³-hybridized carbons (Fsp3) is 0.167. The molecule has 7 nitrogen and oxygen atoms in total. The number of rotatable bonds is 5. The van der Waals surface area contributed by atoms with E-state index in [4.69, 9.17) is 0 Å². The number of aryl methyl sites for hydroxylation is 1. The summed E-state index contributed by atoms with van der Waals surface area (Å²) < 4.78 is 30.0. The number of halogens is 1. The van der Waals surface area contributed by atoms with E-state index in [-0.39, 0.29) is 12.4 Å². The van der Waals surface area contributed by atoms with Gasteiger partial charge in [0, 0.05) is 41.9 Å². The van der Waals surface area contributed by atoms with Crippen molar-refractivity contribution < 1.29 is 8.94 Å². The Morgan fingerprint density at radius 1 is 1.30 bits per heavy atom. The lowest BCUT2D eigenvalue weighted by Crippen LogP contribution is -2.21. The first-order chi connectivity index (χ1) is 13.0. The van der Waals surface area contributed by atoms with Crippen molar-refractivity contribution in [1.29, 1.82) is 0 Å². The molecule has 4 rings (SSSR count). The van der Waals surface area contributed by atoms with E-state index in [9.17, 15) is 8.94 Å². The molecule has 4 aromatic rings. The number of hydrogen-bond donors (Lipinski definition) is 2. The van der Waals surface area contributed by atoms with E-state index >= 15 is 0 Å². The quantitative estimate of drug-likeness (QED) is 0.516. The molecule has 0 fully saturated rings. The summed E-state index contributed by atoms with van der Waals surface area (Å²) in [5.41, 5.74) is 4.07. The first kappa shape index (κ1) is 17.7. The van der Waals surface area contributed by atoms with Crippen LogP contribution in [0.1, 0.15) is 5.56 Å². The maximum atomic E-state index is 14.5. The molecular weight excluding hydrogens is 367 g/mol. The molecule has 0 aliphatic carbocycles. The second-order valence-electron chi connectivity index (χ2n) is 6.13. The molecule has 1 atom stereocenters. The minimum atomic E-state index is -1.19. The van der Waals surface area contributed by atoms with E-state index < -0.39 is 11.4 Å². The van der Waals surface area contributed by atoms with Crippen molar-refractivity contribution in [2.75, 3.05) is 6.26 Å². The minimum absolute atomic E-state index is 0.203. The zero-order valence-corrected chi connectivity index (χ0v) is 15.5. The second-order valence-corrected chi connectivity index (χ2v) is 7.32. The molecular formula is C18H17FN6OS. The Bertz CT molecular complexity index is 1110. The third kappa shape index (κ3) is 3.57. The van der Waals surface area contributed by atoms with Crippen LogP contribution in [-0.2, 0) is 25.0 Å². The van der Waals surface area contributed by atoms with Crippen molar-refractivity contribution >= 4 is 22.5 Å². The van der Waals surface area contributed by atoms with Gasteiger partial charge in [0.25, 0.3) is 0 Å². The van der Waals surface area contributed by atoms with Crippen LogP contribution in [0.15, 0.2) is 42.9 Å². The summed E-state index contributed by atoms with van der Waals surface area (Å²) in [6.45, 7) is 0.203. The number of benzene rings is 1. The molecule has 0 radical (unpaired) electrons. The molecule has 0 aliphatic heterocycles. The van der Waals surface area contributed by atoms with Crippen molar-refractivity contribution in [2.24, 2.45) is 7.05 Å². The van der Waals surface area contributed by atoms with Gasteiger partial charge in [0.1, 0.15) is 23.4 Å². The van der Waals surface area contributed by atoms with Crippen LogP contribution in [0, 0.1) is 5.82 Å². The maximum absolute atomic E-state index is 14.5. The SMILES string of the molecule is Cn1cc(-c2nc3c(-c4ccc(CN[S+](C)[O-])c(F)c4)ccnc3[nH]2)cn1. The Morgan fingerprint density at radius 3 is 2.85 bits per heavy atom. The average molecular weight is 384 g/mol. The van der Waals surface area contributed by atoms with Gasteiger partial charge in [-0.1, -0.05) is 12.1 Å². The number of imidazole rings is 1. The van der Waals surface area contributed by atoms with Gasteiger partial charge in [0.2, 0.25) is 0 Å². The summed E-state index contributed by atoms with van der Waals surface area (Å²) in [4.78, 5) is 12.1. The Morgan fingerprint density at radius 2 is 2.15 bits per heavy atom. The average Bonchev–Trinajstić information content (AvgIpc) is 3.26. The molecule has 1 unspecified atom stereocenters. The predicted octanol–water partition coefficient (Wildman–Crippen LogP) is 2.55. The Balaban J connectivity index is 1.73. The molecule has 0 saturated carbocycles. The van der Waals surface area contributed by atoms with E-state index in [0.717, 1.165) is 11.1 Å². The van der Waals surface area contributed by atoms with E-state index in [1.165, 1.54) is 12.3 Å². The summed E-state index contributed by atoms with van der Waals surface area (Å²) in [6.07, 6.45) is 6.75. The summed E-state index contributed by atoms with van der Waals surface area (Å²) in [6, 6.07) is 6.78. The summed E-state index contributed by atoms with van der Waals surface area (Å²) in [5.74, 6) is 0.295. The molecule has 0 amide bonds. The molecule has 138 valence electrons. The van der Waals surface area contributed by atoms with E-state index in [1.54, 1.807) is 23.1 Å². The monoisotopic (exact) mass is 384 g/mol. The number of nitrogens with one attached hydrogen (secondary N) is 2. The highest BCUT2D eigenvalue weighted by Crippen LogP contribution is 2.29. The number of H-pyrrole nitrogens is 1. The third-order valence-corrected chi connectivity index (χ3v) is 4.74. The standard InChI is InChI=1S/C18H17FN6OS/c1-25-10-13(8-21-25)17-23-16-14(5-6-20-18(16)24-17)11-3-4-12(15(19)7-11)9-22-27(2)26/h3-8,10,22H,9H2,1-2H3,(H,20,23,24). The zero-order valence-electron chi connectivity index (χ0n) is 14.7. The Kier molecular flexibility index (Phi) is 4.65. The molecule has 9 heteroatoms. The number of fused-ring (bicyclic) bond motifs is 1. The largest absolute Gasteiger partial charge is 0.598 e. The van der Waals surface area contributed by atoms with Crippen molar-refractivity contribution in [2.45, 2.75) is 6.54 Å². The molecule has 1 aromatic carbocycles. The van der Waals surface area contributed by atoms with Crippen LogP contribution in [-0.4, -0.2) is 35.5 Å². The van der Waals surface area contributed by atoms with Crippen molar-refractivity contribution in [1.82, 2.24) is 29.5 Å². The van der Waals surface area contributed by atoms with Gasteiger partial charge in [-0.2, -0.15) is 5.10 Å². The molecule has 0 bridgehead atoms. The number of aromatic amines is 1. The molecule has 0 spiro atoms. The van der Waals surface area contributed by atoms with E-state index in [1.807, 2.05) is 25.4 Å². The lowest BCUT2D eigenvalue weighted by molar-refractivity contribution is 0.578. The van der Waals surface area contributed by atoms with Gasteiger partial charge in [0.15, 0.2) is 5.65 Å². The number of hydrogen-bond acceptors (Lipinski definition) is 5. The van der Waals surface area contributed by atoms with Crippen LogP contribution < -0.4 is 4.72 Å². The van der Waals surface area contributed by atoms with Crippen molar-refractivity contribution in [3.63, 3.8) is 0 Å². The van der Waals surface area contributed by atoms with E-state index in [2.05, 4.69) is 24.8 Å². The normalized spacial score (nSPS) is 12.6. The molecule has 3 heterocycles. The predicted molar refractivity (Wildman–Crippen MR) is 102 cm³/mol. The summed E-state index contributed by atoms with van der Waals surface area (Å²) in [5, 5.41) is 4.15. The van der Waals surface area contributed by atoms with Crippen molar-refractivity contribution in [3.8, 4) is 22.5 Å². The van der Waals surface area contributed by atoms with Gasteiger partial charge in [0.05, 0.1) is 18.3 Å². The highest BCUT2D eigenvalue weighted by atomic mass is 32.2. The molecule has 2 N–H and O–H groups in total. The maximum Gasteiger partial charge on any atom is 0.158 e. The molecule has 3 aromatic heterocycles. The van der Waals surface area contributed by atoms with Crippen molar-refractivity contribution in [3.05, 3.63) is 54.2 Å². The lowest BCUT2D eigenvalue weighted by Gasteiger charge is -2.08. The van der Waals surface area contributed by atoms with Crippen LogP contribution in [0.25, 0.3) is 33.7 Å². The van der Waals surface area contributed by atoms with Gasteiger partial charge in [-0.15, -0.1) is 4.72 Å². The van der Waals surface area contributed by atoms with Gasteiger partial charge in [-0.25, -0.2) is 14.4 Å². The van der Waals surface area contributed by atoms with Gasteiger partial charge in [-0.3, -0.25) is 4.68 Å². The zero-order chi connectivity index (χ0) is 19.0.